The van der Waals surface area contributed by atoms with Crippen LogP contribution in [0.15, 0.2) is 24.5 Å². The van der Waals surface area contributed by atoms with Gasteiger partial charge in [-0.25, -0.2) is 9.37 Å². The zero-order valence-corrected chi connectivity index (χ0v) is 10.1. The molecule has 1 N–H and O–H groups in total. The van der Waals surface area contributed by atoms with E-state index in [4.69, 9.17) is 0 Å². The first-order valence-electron chi connectivity index (χ1n) is 5.70. The third kappa shape index (κ3) is 1.66. The van der Waals surface area contributed by atoms with Gasteiger partial charge in [0.15, 0.2) is 5.82 Å². The molecular formula is C12H12FN5. The Morgan fingerprint density at radius 3 is 2.94 bits per heavy atom. The lowest BCUT2D eigenvalue weighted by atomic mass is 10.3. The van der Waals surface area contributed by atoms with Crippen molar-refractivity contribution in [1.82, 2.24) is 19.6 Å². The summed E-state index contributed by atoms with van der Waals surface area (Å²) in [6, 6.07) is 4.69. The Balaban J connectivity index is 2.35. The van der Waals surface area contributed by atoms with Gasteiger partial charge < -0.3 is 5.32 Å². The molecule has 0 unspecified atom stereocenters. The molecule has 1 aromatic carbocycles. The zero-order chi connectivity index (χ0) is 12.7. The van der Waals surface area contributed by atoms with Gasteiger partial charge in [-0.3, -0.25) is 4.40 Å². The third-order valence-electron chi connectivity index (χ3n) is 2.61. The van der Waals surface area contributed by atoms with E-state index in [1.54, 1.807) is 16.8 Å². The molecular weight excluding hydrogens is 233 g/mol. The maximum atomic E-state index is 13.3. The number of nitrogens with zero attached hydrogens (tertiary/aromatic N) is 4. The van der Waals surface area contributed by atoms with Crippen molar-refractivity contribution in [2.75, 3.05) is 5.32 Å². The summed E-state index contributed by atoms with van der Waals surface area (Å²) in [5.41, 5.74) is 2.00. The molecule has 0 radical (unpaired) electrons. The van der Waals surface area contributed by atoms with E-state index in [0.29, 0.717) is 17.0 Å². The second-order valence-electron chi connectivity index (χ2n) is 4.42. The maximum absolute atomic E-state index is 13.3. The minimum Gasteiger partial charge on any atom is -0.365 e. The van der Waals surface area contributed by atoms with Crippen molar-refractivity contribution in [3.63, 3.8) is 0 Å². The number of hydrogen-bond acceptors (Lipinski definition) is 4. The van der Waals surface area contributed by atoms with E-state index in [-0.39, 0.29) is 11.9 Å². The first kappa shape index (κ1) is 10.9. The lowest BCUT2D eigenvalue weighted by Gasteiger charge is -2.11. The van der Waals surface area contributed by atoms with Gasteiger partial charge in [-0.2, -0.15) is 0 Å². The number of halogens is 1. The van der Waals surface area contributed by atoms with E-state index in [0.717, 1.165) is 5.52 Å². The normalized spacial score (nSPS) is 11.6. The van der Waals surface area contributed by atoms with Gasteiger partial charge in [0.25, 0.3) is 0 Å². The second-order valence-corrected chi connectivity index (χ2v) is 4.42. The van der Waals surface area contributed by atoms with Crippen molar-refractivity contribution in [1.29, 1.82) is 0 Å². The fourth-order valence-corrected chi connectivity index (χ4v) is 1.90. The molecule has 3 aromatic rings. The van der Waals surface area contributed by atoms with Crippen LogP contribution in [-0.2, 0) is 0 Å². The van der Waals surface area contributed by atoms with Crippen LogP contribution in [0.2, 0.25) is 0 Å². The van der Waals surface area contributed by atoms with Crippen LogP contribution in [0.25, 0.3) is 16.7 Å². The Kier molecular flexibility index (Phi) is 2.36. The number of rotatable bonds is 2. The highest BCUT2D eigenvalue weighted by molar-refractivity contribution is 5.82. The molecule has 18 heavy (non-hydrogen) atoms. The van der Waals surface area contributed by atoms with Crippen LogP contribution in [0.4, 0.5) is 10.2 Å². The number of nitrogens with one attached hydrogen (secondary N) is 1. The number of hydrogen-bond donors (Lipinski definition) is 1. The Morgan fingerprint density at radius 2 is 2.17 bits per heavy atom. The van der Waals surface area contributed by atoms with Crippen molar-refractivity contribution in [3.05, 3.63) is 30.3 Å². The largest absolute Gasteiger partial charge is 0.365 e. The van der Waals surface area contributed by atoms with E-state index < -0.39 is 0 Å². The molecule has 0 fully saturated rings. The van der Waals surface area contributed by atoms with Gasteiger partial charge in [-0.1, -0.05) is 0 Å². The van der Waals surface area contributed by atoms with E-state index in [2.05, 4.69) is 20.5 Å². The Morgan fingerprint density at radius 1 is 1.33 bits per heavy atom. The molecule has 0 amide bonds. The van der Waals surface area contributed by atoms with Crippen molar-refractivity contribution in [3.8, 4) is 0 Å². The summed E-state index contributed by atoms with van der Waals surface area (Å²) in [5, 5.41) is 11.1. The topological polar surface area (TPSA) is 55.1 Å². The fraction of sp³-hybridized carbons (Fsp3) is 0.250. The summed E-state index contributed by atoms with van der Waals surface area (Å²) in [6.07, 6.45) is 1.60. The maximum Gasteiger partial charge on any atom is 0.203 e. The number of anilines is 1. The van der Waals surface area contributed by atoms with E-state index in [1.807, 2.05) is 13.8 Å². The van der Waals surface area contributed by atoms with Crippen molar-refractivity contribution >= 4 is 22.5 Å². The quantitative estimate of drug-likeness (QED) is 0.752. The molecule has 3 rings (SSSR count). The standard InChI is InChI=1S/C12H12FN5/c1-7(2)15-11-12-17-14-6-18(12)10-4-3-8(13)5-9(10)16-11/h3-7H,1-2H3,(H,15,16). The highest BCUT2D eigenvalue weighted by Crippen LogP contribution is 2.21. The number of aromatic nitrogens is 4. The average molecular weight is 245 g/mol. The van der Waals surface area contributed by atoms with Crippen LogP contribution in [-0.4, -0.2) is 25.6 Å². The van der Waals surface area contributed by atoms with Crippen LogP contribution in [0.3, 0.4) is 0 Å². The van der Waals surface area contributed by atoms with Crippen molar-refractivity contribution in [2.24, 2.45) is 0 Å². The lowest BCUT2D eigenvalue weighted by molar-refractivity contribution is 0.629. The molecule has 0 aliphatic heterocycles. The molecule has 0 saturated heterocycles. The molecule has 0 aliphatic rings. The summed E-state index contributed by atoms with van der Waals surface area (Å²) < 4.78 is 15.1. The summed E-state index contributed by atoms with van der Waals surface area (Å²) in [6.45, 7) is 4.01. The molecule has 2 aromatic heterocycles. The molecule has 0 bridgehead atoms. The Bertz CT molecular complexity index is 719. The summed E-state index contributed by atoms with van der Waals surface area (Å²) in [7, 11) is 0. The van der Waals surface area contributed by atoms with Gasteiger partial charge >= 0.3 is 0 Å². The molecule has 0 atom stereocenters. The van der Waals surface area contributed by atoms with Crippen LogP contribution < -0.4 is 5.32 Å². The van der Waals surface area contributed by atoms with Gasteiger partial charge in [-0.15, -0.1) is 10.2 Å². The minimum atomic E-state index is -0.307. The second kappa shape index (κ2) is 3.90. The third-order valence-corrected chi connectivity index (χ3v) is 2.61. The molecule has 0 saturated carbocycles. The molecule has 92 valence electrons. The SMILES string of the molecule is CC(C)Nc1nc2cc(F)ccc2n2cnnc12. The fourth-order valence-electron chi connectivity index (χ4n) is 1.90. The smallest absolute Gasteiger partial charge is 0.203 e. The van der Waals surface area contributed by atoms with Gasteiger partial charge in [0.1, 0.15) is 12.1 Å². The van der Waals surface area contributed by atoms with Crippen LogP contribution in [0.1, 0.15) is 13.8 Å². The summed E-state index contributed by atoms with van der Waals surface area (Å²) in [5.74, 6) is 0.304. The first-order chi connectivity index (χ1) is 8.65. The van der Waals surface area contributed by atoms with Gasteiger partial charge in [0.05, 0.1) is 11.0 Å². The summed E-state index contributed by atoms with van der Waals surface area (Å²) in [4.78, 5) is 4.40. The van der Waals surface area contributed by atoms with E-state index >= 15 is 0 Å². The highest BCUT2D eigenvalue weighted by atomic mass is 19.1. The van der Waals surface area contributed by atoms with Crippen molar-refractivity contribution < 1.29 is 4.39 Å². The minimum absolute atomic E-state index is 0.212. The molecule has 0 aliphatic carbocycles. The predicted octanol–water partition coefficient (Wildman–Crippen LogP) is 2.24. The zero-order valence-electron chi connectivity index (χ0n) is 10.1. The van der Waals surface area contributed by atoms with Gasteiger partial charge in [0, 0.05) is 12.1 Å². The molecule has 6 heteroatoms. The molecule has 2 heterocycles. The van der Waals surface area contributed by atoms with E-state index in [9.17, 15) is 4.39 Å². The van der Waals surface area contributed by atoms with Crippen LogP contribution >= 0.6 is 0 Å². The summed E-state index contributed by atoms with van der Waals surface area (Å²) >= 11 is 0. The van der Waals surface area contributed by atoms with Gasteiger partial charge in [0.2, 0.25) is 5.65 Å². The Hall–Kier alpha value is -2.24. The van der Waals surface area contributed by atoms with Crippen molar-refractivity contribution in [2.45, 2.75) is 19.9 Å². The number of fused-ring (bicyclic) bond motifs is 3. The highest BCUT2D eigenvalue weighted by Gasteiger charge is 2.11. The molecule has 0 spiro atoms. The van der Waals surface area contributed by atoms with Crippen LogP contribution in [0, 0.1) is 5.82 Å². The predicted molar refractivity (Wildman–Crippen MR) is 67.0 cm³/mol. The first-order valence-corrected chi connectivity index (χ1v) is 5.70. The average Bonchev–Trinajstić information content (AvgIpc) is 2.77. The monoisotopic (exact) mass is 245 g/mol. The lowest BCUT2D eigenvalue weighted by Crippen LogP contribution is -2.12. The van der Waals surface area contributed by atoms with Gasteiger partial charge in [-0.05, 0) is 26.0 Å². The van der Waals surface area contributed by atoms with Crippen LogP contribution in [0.5, 0.6) is 0 Å². The Labute approximate surface area is 103 Å². The molecule has 5 nitrogen and oxygen atoms in total. The number of benzene rings is 1. The van der Waals surface area contributed by atoms with E-state index in [1.165, 1.54) is 12.1 Å².